The highest BCUT2D eigenvalue weighted by molar-refractivity contribution is 7.92. The van der Waals surface area contributed by atoms with E-state index in [1.54, 1.807) is 37.3 Å². The Morgan fingerprint density at radius 1 is 1.20 bits per heavy atom. The zero-order valence-corrected chi connectivity index (χ0v) is 11.6. The molecular formula is C14H13N3O2S. The van der Waals surface area contributed by atoms with Gasteiger partial charge in [-0.25, -0.2) is 8.42 Å². The Labute approximate surface area is 117 Å². The van der Waals surface area contributed by atoms with Crippen molar-refractivity contribution < 1.29 is 8.42 Å². The topological polar surface area (TPSA) is 96.0 Å². The molecular weight excluding hydrogens is 274 g/mol. The molecule has 0 atom stereocenters. The van der Waals surface area contributed by atoms with Crippen molar-refractivity contribution >= 4 is 21.4 Å². The molecule has 20 heavy (non-hydrogen) atoms. The highest BCUT2D eigenvalue weighted by Crippen LogP contribution is 2.23. The van der Waals surface area contributed by atoms with Crippen molar-refractivity contribution in [2.75, 3.05) is 10.5 Å². The molecule has 0 saturated heterocycles. The van der Waals surface area contributed by atoms with Crippen LogP contribution in [0.5, 0.6) is 0 Å². The van der Waals surface area contributed by atoms with Gasteiger partial charge in [0.05, 0.1) is 11.3 Å². The molecule has 3 N–H and O–H groups in total. The molecule has 5 nitrogen and oxygen atoms in total. The first kappa shape index (κ1) is 13.9. The summed E-state index contributed by atoms with van der Waals surface area (Å²) in [5, 5.41) is 8.98. The molecule has 0 heterocycles. The predicted octanol–water partition coefficient (Wildman–Crippen LogP) is 2.25. The van der Waals surface area contributed by atoms with Gasteiger partial charge in [-0.3, -0.25) is 4.72 Å². The van der Waals surface area contributed by atoms with E-state index in [9.17, 15) is 8.42 Å². The Morgan fingerprint density at radius 3 is 2.60 bits per heavy atom. The Bertz CT molecular complexity index is 792. The van der Waals surface area contributed by atoms with Crippen LogP contribution in [0.15, 0.2) is 47.4 Å². The summed E-state index contributed by atoms with van der Waals surface area (Å²) < 4.78 is 27.1. The maximum Gasteiger partial charge on any atom is 0.263 e. The summed E-state index contributed by atoms with van der Waals surface area (Å²) >= 11 is 0. The second-order valence-electron chi connectivity index (χ2n) is 4.29. The lowest BCUT2D eigenvalue weighted by molar-refractivity contribution is 0.601. The van der Waals surface area contributed by atoms with Crippen LogP contribution in [-0.2, 0) is 10.0 Å². The largest absolute Gasteiger partial charge is 0.399 e. The lowest BCUT2D eigenvalue weighted by Crippen LogP contribution is -2.15. The lowest BCUT2D eigenvalue weighted by Gasteiger charge is -2.12. The Balaban J connectivity index is 2.47. The van der Waals surface area contributed by atoms with Crippen LogP contribution in [0, 0.1) is 18.3 Å². The fraction of sp³-hybridized carbons (Fsp3) is 0.0714. The quantitative estimate of drug-likeness (QED) is 0.846. The lowest BCUT2D eigenvalue weighted by atomic mass is 10.2. The summed E-state index contributed by atoms with van der Waals surface area (Å²) in [5.74, 6) is 0. The van der Waals surface area contributed by atoms with E-state index in [4.69, 9.17) is 11.0 Å². The monoisotopic (exact) mass is 287 g/mol. The molecule has 0 spiro atoms. The summed E-state index contributed by atoms with van der Waals surface area (Å²) in [6.07, 6.45) is 0. The average molecular weight is 287 g/mol. The van der Waals surface area contributed by atoms with E-state index in [2.05, 4.69) is 4.72 Å². The third-order valence-corrected chi connectivity index (χ3v) is 4.23. The molecule has 6 heteroatoms. The number of aryl methyl sites for hydroxylation is 1. The van der Waals surface area contributed by atoms with E-state index in [1.165, 1.54) is 12.1 Å². The van der Waals surface area contributed by atoms with E-state index < -0.39 is 10.0 Å². The van der Waals surface area contributed by atoms with Crippen LogP contribution >= 0.6 is 0 Å². The molecule has 0 radical (unpaired) electrons. The minimum Gasteiger partial charge on any atom is -0.399 e. The van der Waals surface area contributed by atoms with Crippen molar-refractivity contribution in [3.8, 4) is 6.07 Å². The van der Waals surface area contributed by atoms with Crippen molar-refractivity contribution in [3.05, 3.63) is 53.6 Å². The van der Waals surface area contributed by atoms with Gasteiger partial charge in [-0.2, -0.15) is 5.26 Å². The molecule has 0 saturated carbocycles. The Morgan fingerprint density at radius 2 is 1.90 bits per heavy atom. The summed E-state index contributed by atoms with van der Waals surface area (Å²) in [4.78, 5) is -0.0516. The number of nitriles is 1. The molecule has 0 aliphatic carbocycles. The molecule has 2 aromatic carbocycles. The molecule has 0 fully saturated rings. The first-order valence-corrected chi connectivity index (χ1v) is 7.30. The van der Waals surface area contributed by atoms with E-state index in [-0.39, 0.29) is 10.5 Å². The van der Waals surface area contributed by atoms with E-state index in [1.807, 2.05) is 6.07 Å². The number of rotatable bonds is 3. The molecule has 0 aliphatic heterocycles. The molecule has 102 valence electrons. The van der Waals surface area contributed by atoms with Gasteiger partial charge in [0.25, 0.3) is 10.0 Å². The number of hydrogen-bond donors (Lipinski definition) is 2. The van der Waals surface area contributed by atoms with Gasteiger partial charge in [0.15, 0.2) is 0 Å². The zero-order valence-electron chi connectivity index (χ0n) is 10.8. The highest BCUT2D eigenvalue weighted by Gasteiger charge is 2.19. The highest BCUT2D eigenvalue weighted by atomic mass is 32.2. The van der Waals surface area contributed by atoms with Crippen LogP contribution in [0.3, 0.4) is 0 Å². The van der Waals surface area contributed by atoms with Crippen molar-refractivity contribution in [1.82, 2.24) is 0 Å². The van der Waals surface area contributed by atoms with Crippen LogP contribution in [0.1, 0.15) is 11.1 Å². The standard InChI is InChI=1S/C14H13N3O2S/c1-10-6-7-12(16)8-13(10)17-20(18,19)14-5-3-2-4-11(14)9-15/h2-8,17H,16H2,1H3. The van der Waals surface area contributed by atoms with Crippen LogP contribution < -0.4 is 10.5 Å². The van der Waals surface area contributed by atoms with Gasteiger partial charge in [0.2, 0.25) is 0 Å². The van der Waals surface area contributed by atoms with Gasteiger partial charge in [-0.1, -0.05) is 18.2 Å². The zero-order chi connectivity index (χ0) is 14.8. The number of benzene rings is 2. The third-order valence-electron chi connectivity index (χ3n) is 2.80. The van der Waals surface area contributed by atoms with Crippen LogP contribution in [0.25, 0.3) is 0 Å². The maximum absolute atomic E-state index is 12.3. The van der Waals surface area contributed by atoms with E-state index >= 15 is 0 Å². The summed E-state index contributed by atoms with van der Waals surface area (Å²) in [6, 6.07) is 12.9. The first-order chi connectivity index (χ1) is 9.44. The Hall–Kier alpha value is -2.52. The SMILES string of the molecule is Cc1ccc(N)cc1NS(=O)(=O)c1ccccc1C#N. The molecule has 0 aromatic heterocycles. The van der Waals surface area contributed by atoms with Gasteiger partial charge >= 0.3 is 0 Å². The van der Waals surface area contributed by atoms with Crippen LogP contribution in [-0.4, -0.2) is 8.42 Å². The summed E-state index contributed by atoms with van der Waals surface area (Å²) in [5.41, 5.74) is 7.36. The molecule has 2 aromatic rings. The Kier molecular flexibility index (Phi) is 3.63. The average Bonchev–Trinajstić information content (AvgIpc) is 2.42. The number of anilines is 2. The molecule has 0 aliphatic rings. The van der Waals surface area contributed by atoms with E-state index in [0.717, 1.165) is 5.56 Å². The number of sulfonamides is 1. The second-order valence-corrected chi connectivity index (χ2v) is 5.94. The van der Waals surface area contributed by atoms with Gasteiger partial charge < -0.3 is 5.73 Å². The number of nitrogen functional groups attached to an aromatic ring is 1. The van der Waals surface area contributed by atoms with Gasteiger partial charge in [0.1, 0.15) is 11.0 Å². The summed E-state index contributed by atoms with van der Waals surface area (Å²) in [7, 11) is -3.82. The summed E-state index contributed by atoms with van der Waals surface area (Å²) in [6.45, 7) is 1.77. The number of nitrogens with one attached hydrogen (secondary N) is 1. The fourth-order valence-corrected chi connectivity index (χ4v) is 3.02. The first-order valence-electron chi connectivity index (χ1n) is 5.82. The smallest absolute Gasteiger partial charge is 0.263 e. The van der Waals surface area contributed by atoms with Gasteiger partial charge in [-0.05, 0) is 36.8 Å². The van der Waals surface area contributed by atoms with Crippen LogP contribution in [0.4, 0.5) is 11.4 Å². The molecule has 2 rings (SSSR count). The van der Waals surface area contributed by atoms with Crippen molar-refractivity contribution in [2.45, 2.75) is 11.8 Å². The van der Waals surface area contributed by atoms with Crippen molar-refractivity contribution in [1.29, 1.82) is 5.26 Å². The normalized spacial score (nSPS) is 10.8. The van der Waals surface area contributed by atoms with Crippen molar-refractivity contribution in [3.63, 3.8) is 0 Å². The number of nitrogens with two attached hydrogens (primary N) is 1. The van der Waals surface area contributed by atoms with Gasteiger partial charge in [-0.15, -0.1) is 0 Å². The van der Waals surface area contributed by atoms with Gasteiger partial charge in [0, 0.05) is 5.69 Å². The predicted molar refractivity (Wildman–Crippen MR) is 77.6 cm³/mol. The number of hydrogen-bond acceptors (Lipinski definition) is 4. The maximum atomic E-state index is 12.3. The molecule has 0 bridgehead atoms. The molecule has 0 unspecified atom stereocenters. The molecule has 0 amide bonds. The fourth-order valence-electron chi connectivity index (χ4n) is 1.74. The third kappa shape index (κ3) is 2.73. The number of nitrogens with zero attached hydrogens (tertiary/aromatic N) is 1. The minimum absolute atomic E-state index is 0.0516. The van der Waals surface area contributed by atoms with E-state index in [0.29, 0.717) is 11.4 Å². The minimum atomic E-state index is -3.82. The second kappa shape index (κ2) is 5.23. The van der Waals surface area contributed by atoms with Crippen molar-refractivity contribution in [2.24, 2.45) is 0 Å². The van der Waals surface area contributed by atoms with Crippen LogP contribution in [0.2, 0.25) is 0 Å².